The van der Waals surface area contributed by atoms with Gasteiger partial charge in [-0.25, -0.2) is 0 Å². The lowest BCUT2D eigenvalue weighted by molar-refractivity contribution is 0.0458. The summed E-state index contributed by atoms with van der Waals surface area (Å²) in [6, 6.07) is 0. The van der Waals surface area contributed by atoms with Crippen molar-refractivity contribution in [2.75, 3.05) is 26.2 Å². The summed E-state index contributed by atoms with van der Waals surface area (Å²) < 4.78 is 0. The first-order chi connectivity index (χ1) is 8.61. The molecule has 3 heteroatoms. The molecule has 0 bridgehead atoms. The molecule has 0 aromatic heterocycles. The van der Waals surface area contributed by atoms with E-state index in [0.717, 1.165) is 31.2 Å². The van der Waals surface area contributed by atoms with Crippen LogP contribution in [-0.2, 0) is 0 Å². The molecule has 106 valence electrons. The smallest absolute Gasteiger partial charge is 0.0741 e. The van der Waals surface area contributed by atoms with E-state index in [1.54, 1.807) is 0 Å². The molecule has 18 heavy (non-hydrogen) atoms. The molecule has 3 atom stereocenters. The van der Waals surface area contributed by atoms with E-state index in [2.05, 4.69) is 4.90 Å². The third-order valence-corrected chi connectivity index (χ3v) is 5.00. The molecular weight excluding hydrogens is 224 g/mol. The molecule has 1 saturated heterocycles. The Labute approximate surface area is 112 Å². The van der Waals surface area contributed by atoms with Gasteiger partial charge in [-0.3, -0.25) is 0 Å². The van der Waals surface area contributed by atoms with Crippen LogP contribution in [0.2, 0.25) is 0 Å². The fourth-order valence-electron chi connectivity index (χ4n) is 3.66. The van der Waals surface area contributed by atoms with Gasteiger partial charge in [-0.2, -0.15) is 0 Å². The third kappa shape index (κ3) is 3.94. The van der Waals surface area contributed by atoms with Crippen molar-refractivity contribution >= 4 is 0 Å². The van der Waals surface area contributed by atoms with Crippen molar-refractivity contribution in [2.24, 2.45) is 17.6 Å². The zero-order chi connectivity index (χ0) is 13.0. The van der Waals surface area contributed by atoms with E-state index in [1.165, 1.54) is 45.2 Å². The molecule has 0 aromatic rings. The summed E-state index contributed by atoms with van der Waals surface area (Å²) in [5.74, 6) is 1.98. The summed E-state index contributed by atoms with van der Waals surface area (Å²) in [6.07, 6.45) is 9.12. The number of fused-ring (bicyclic) bond motifs is 1. The maximum absolute atomic E-state index is 9.90. The van der Waals surface area contributed by atoms with Crippen LogP contribution in [-0.4, -0.2) is 41.8 Å². The van der Waals surface area contributed by atoms with E-state index < -0.39 is 5.60 Å². The second kappa shape index (κ2) is 6.36. The monoisotopic (exact) mass is 254 g/mol. The topological polar surface area (TPSA) is 49.5 Å². The van der Waals surface area contributed by atoms with Crippen LogP contribution in [0.3, 0.4) is 0 Å². The second-order valence-corrected chi connectivity index (χ2v) is 6.70. The maximum Gasteiger partial charge on any atom is 0.0741 e. The summed E-state index contributed by atoms with van der Waals surface area (Å²) in [5.41, 5.74) is 4.89. The first-order valence-electron chi connectivity index (χ1n) is 7.75. The van der Waals surface area contributed by atoms with E-state index in [4.69, 9.17) is 5.73 Å². The molecule has 0 radical (unpaired) electrons. The van der Waals surface area contributed by atoms with Crippen LogP contribution in [0, 0.1) is 11.8 Å². The van der Waals surface area contributed by atoms with E-state index in [9.17, 15) is 5.11 Å². The predicted molar refractivity (Wildman–Crippen MR) is 75.4 cm³/mol. The van der Waals surface area contributed by atoms with E-state index in [1.807, 2.05) is 6.92 Å². The van der Waals surface area contributed by atoms with Crippen molar-refractivity contribution in [2.45, 2.75) is 57.5 Å². The molecule has 1 aliphatic heterocycles. The summed E-state index contributed by atoms with van der Waals surface area (Å²) in [6.45, 7) is 5.93. The van der Waals surface area contributed by atoms with Gasteiger partial charge in [0.2, 0.25) is 0 Å². The first-order valence-corrected chi connectivity index (χ1v) is 7.75. The number of hydrogen-bond acceptors (Lipinski definition) is 3. The molecule has 0 spiro atoms. The summed E-state index contributed by atoms with van der Waals surface area (Å²) in [5, 5.41) is 9.90. The molecular formula is C15H30N2O. The minimum absolute atomic E-state index is 0.373. The van der Waals surface area contributed by atoms with E-state index in [-0.39, 0.29) is 0 Å². The minimum atomic E-state index is -0.664. The van der Waals surface area contributed by atoms with Crippen molar-refractivity contribution < 1.29 is 5.11 Å². The van der Waals surface area contributed by atoms with Gasteiger partial charge in [0.05, 0.1) is 5.60 Å². The number of hydrogen-bond donors (Lipinski definition) is 2. The predicted octanol–water partition coefficient (Wildman–Crippen LogP) is 1.99. The fraction of sp³-hybridized carbons (Fsp3) is 1.00. The number of aliphatic hydroxyl groups is 1. The Kier molecular flexibility index (Phi) is 5.05. The van der Waals surface area contributed by atoms with Crippen LogP contribution in [0.15, 0.2) is 0 Å². The van der Waals surface area contributed by atoms with Crippen LogP contribution in [0.5, 0.6) is 0 Å². The molecule has 0 aromatic carbocycles. The Bertz CT molecular complexity index is 255. The average Bonchev–Trinajstić information content (AvgIpc) is 2.38. The van der Waals surface area contributed by atoms with Crippen LogP contribution in [0.1, 0.15) is 51.9 Å². The zero-order valence-electron chi connectivity index (χ0n) is 11.9. The molecule has 2 aliphatic rings. The highest BCUT2D eigenvalue weighted by atomic mass is 16.3. The number of nitrogens with two attached hydrogens (primary N) is 1. The number of rotatable bonds is 5. The average molecular weight is 254 g/mol. The normalized spacial score (nSPS) is 32.8. The largest absolute Gasteiger partial charge is 0.389 e. The van der Waals surface area contributed by atoms with Crippen LogP contribution < -0.4 is 5.73 Å². The Morgan fingerprint density at radius 1 is 1.22 bits per heavy atom. The van der Waals surface area contributed by atoms with Crippen LogP contribution in [0.25, 0.3) is 0 Å². The number of likely N-dealkylation sites (tertiary alicyclic amines) is 1. The lowest BCUT2D eigenvalue weighted by Crippen LogP contribution is -2.42. The van der Waals surface area contributed by atoms with Gasteiger partial charge in [0, 0.05) is 13.1 Å². The van der Waals surface area contributed by atoms with Gasteiger partial charge >= 0.3 is 0 Å². The van der Waals surface area contributed by atoms with Gasteiger partial charge in [-0.1, -0.05) is 19.3 Å². The molecule has 1 heterocycles. The van der Waals surface area contributed by atoms with Gasteiger partial charge in [0.1, 0.15) is 0 Å². The zero-order valence-corrected chi connectivity index (χ0v) is 11.9. The summed E-state index contributed by atoms with van der Waals surface area (Å²) >= 11 is 0. The Balaban J connectivity index is 1.68. The van der Waals surface area contributed by atoms with Crippen LogP contribution >= 0.6 is 0 Å². The van der Waals surface area contributed by atoms with Crippen molar-refractivity contribution in [1.82, 2.24) is 4.90 Å². The van der Waals surface area contributed by atoms with Gasteiger partial charge in [-0.15, -0.1) is 0 Å². The van der Waals surface area contributed by atoms with Gasteiger partial charge in [0.15, 0.2) is 0 Å². The standard InChI is InChI=1S/C15H30N2O/c1-15(18,12-16)8-4-9-17-10-7-13-5-2-3-6-14(13)11-17/h13-14,18H,2-12,16H2,1H3. The molecule has 3 unspecified atom stereocenters. The van der Waals surface area contributed by atoms with Gasteiger partial charge in [0.25, 0.3) is 0 Å². The van der Waals surface area contributed by atoms with Gasteiger partial charge in [-0.05, 0) is 57.5 Å². The van der Waals surface area contributed by atoms with Crippen molar-refractivity contribution in [3.8, 4) is 0 Å². The van der Waals surface area contributed by atoms with Crippen LogP contribution in [0.4, 0.5) is 0 Å². The highest BCUT2D eigenvalue weighted by Gasteiger charge is 2.30. The molecule has 1 aliphatic carbocycles. The van der Waals surface area contributed by atoms with Gasteiger partial charge < -0.3 is 15.7 Å². The minimum Gasteiger partial charge on any atom is -0.389 e. The first kappa shape index (κ1) is 14.3. The molecule has 3 N–H and O–H groups in total. The lowest BCUT2D eigenvalue weighted by atomic mass is 9.75. The molecule has 2 fully saturated rings. The third-order valence-electron chi connectivity index (χ3n) is 5.00. The Hall–Kier alpha value is -0.120. The Morgan fingerprint density at radius 3 is 2.67 bits per heavy atom. The number of piperidine rings is 1. The molecule has 2 rings (SSSR count). The maximum atomic E-state index is 9.90. The highest BCUT2D eigenvalue weighted by molar-refractivity contribution is 4.84. The summed E-state index contributed by atoms with van der Waals surface area (Å²) in [4.78, 5) is 2.61. The van der Waals surface area contributed by atoms with Crippen molar-refractivity contribution in [3.63, 3.8) is 0 Å². The SMILES string of the molecule is CC(O)(CN)CCCN1CCC2CCCCC2C1. The van der Waals surface area contributed by atoms with Crippen molar-refractivity contribution in [3.05, 3.63) is 0 Å². The highest BCUT2D eigenvalue weighted by Crippen LogP contribution is 2.36. The quantitative estimate of drug-likeness (QED) is 0.789. The molecule has 3 nitrogen and oxygen atoms in total. The second-order valence-electron chi connectivity index (χ2n) is 6.70. The lowest BCUT2D eigenvalue weighted by Gasteiger charge is -2.41. The van der Waals surface area contributed by atoms with Crippen molar-refractivity contribution in [1.29, 1.82) is 0 Å². The van der Waals surface area contributed by atoms with E-state index in [0.29, 0.717) is 6.54 Å². The summed E-state index contributed by atoms with van der Waals surface area (Å²) in [7, 11) is 0. The molecule has 0 amide bonds. The molecule has 1 saturated carbocycles. The number of nitrogens with zero attached hydrogens (tertiary/aromatic N) is 1. The fourth-order valence-corrected chi connectivity index (χ4v) is 3.66. The van der Waals surface area contributed by atoms with E-state index >= 15 is 0 Å². The Morgan fingerprint density at radius 2 is 1.94 bits per heavy atom.